The second-order valence-corrected chi connectivity index (χ2v) is 15.6. The summed E-state index contributed by atoms with van der Waals surface area (Å²) in [5.74, 6) is 0.532. The number of unbranched alkanes of at least 4 members (excludes halogenated alkanes) is 22. The van der Waals surface area contributed by atoms with E-state index < -0.39 is 0 Å². The predicted octanol–water partition coefficient (Wildman–Crippen LogP) is 15.3. The molecule has 0 bridgehead atoms. The van der Waals surface area contributed by atoms with E-state index in [0.29, 0.717) is 12.5 Å². The smallest absolute Gasteiger partial charge is 0.308 e. The fourth-order valence-corrected chi connectivity index (χ4v) is 7.27. The molecule has 3 heteroatoms. The summed E-state index contributed by atoms with van der Waals surface area (Å²) in [6, 6.07) is 0. The van der Waals surface area contributed by atoms with Gasteiger partial charge in [0.15, 0.2) is 0 Å². The number of nitrogens with zero attached hydrogens (tertiary/aromatic N) is 1. The molecular formula is C48H89NO2. The highest BCUT2D eigenvalue weighted by Gasteiger charge is 2.19. The van der Waals surface area contributed by atoms with Crippen molar-refractivity contribution in [3.05, 3.63) is 49.6 Å². The molecule has 0 aliphatic rings. The van der Waals surface area contributed by atoms with Gasteiger partial charge in [-0.2, -0.15) is 0 Å². The molecule has 0 N–H and O–H groups in total. The van der Waals surface area contributed by atoms with Crippen LogP contribution in [0.1, 0.15) is 213 Å². The van der Waals surface area contributed by atoms with Crippen molar-refractivity contribution >= 4 is 5.97 Å². The maximum Gasteiger partial charge on any atom is 0.308 e. The van der Waals surface area contributed by atoms with Crippen LogP contribution in [0, 0.1) is 11.8 Å². The lowest BCUT2D eigenvalue weighted by atomic mass is 9.94. The molecule has 298 valence electrons. The highest BCUT2D eigenvalue weighted by Crippen LogP contribution is 2.22. The number of esters is 1. The fraction of sp³-hybridized carbons (Fsp3) is 0.812. The number of allylic oxidation sites excluding steroid dienone is 5. The van der Waals surface area contributed by atoms with Crippen molar-refractivity contribution in [2.24, 2.45) is 11.8 Å². The molecule has 0 aromatic heterocycles. The van der Waals surface area contributed by atoms with E-state index in [1.54, 1.807) is 0 Å². The molecule has 0 amide bonds. The van der Waals surface area contributed by atoms with Gasteiger partial charge in [0.1, 0.15) is 0 Å². The van der Waals surface area contributed by atoms with Gasteiger partial charge in [0.05, 0.1) is 12.5 Å². The van der Waals surface area contributed by atoms with Gasteiger partial charge in [0.2, 0.25) is 0 Å². The van der Waals surface area contributed by atoms with Gasteiger partial charge in [-0.3, -0.25) is 4.79 Å². The van der Waals surface area contributed by atoms with Crippen LogP contribution < -0.4 is 0 Å². The van der Waals surface area contributed by atoms with Gasteiger partial charge in [-0.15, -0.1) is 0 Å². The van der Waals surface area contributed by atoms with Gasteiger partial charge < -0.3 is 9.64 Å². The van der Waals surface area contributed by atoms with E-state index in [0.717, 1.165) is 50.6 Å². The van der Waals surface area contributed by atoms with Crippen LogP contribution in [0.15, 0.2) is 49.6 Å². The third-order valence-electron chi connectivity index (χ3n) is 10.8. The number of rotatable bonds is 41. The molecule has 0 saturated carbocycles. The first-order valence-electron chi connectivity index (χ1n) is 22.5. The van der Waals surface area contributed by atoms with E-state index in [1.165, 1.54) is 167 Å². The topological polar surface area (TPSA) is 29.5 Å². The molecule has 0 heterocycles. The van der Waals surface area contributed by atoms with Gasteiger partial charge >= 0.3 is 5.97 Å². The Morgan fingerprint density at radius 3 is 1.43 bits per heavy atom. The van der Waals surface area contributed by atoms with Crippen molar-refractivity contribution < 1.29 is 9.53 Å². The molecule has 0 aliphatic carbocycles. The number of hydrogen-bond donors (Lipinski definition) is 0. The molecule has 3 nitrogen and oxygen atoms in total. The third kappa shape index (κ3) is 32.7. The minimum atomic E-state index is 0.0778. The molecule has 0 aliphatic heterocycles. The first-order chi connectivity index (χ1) is 25.0. The van der Waals surface area contributed by atoms with Crippen LogP contribution in [-0.4, -0.2) is 37.1 Å². The Hall–Kier alpha value is -1.61. The lowest BCUT2D eigenvalue weighted by Crippen LogP contribution is -2.27. The van der Waals surface area contributed by atoms with Crippen LogP contribution in [0.3, 0.4) is 0 Å². The van der Waals surface area contributed by atoms with Crippen molar-refractivity contribution in [2.75, 3.05) is 26.2 Å². The van der Waals surface area contributed by atoms with Gasteiger partial charge in [0.25, 0.3) is 0 Å². The van der Waals surface area contributed by atoms with Gasteiger partial charge in [-0.1, -0.05) is 212 Å². The summed E-state index contributed by atoms with van der Waals surface area (Å²) >= 11 is 0. The normalized spacial score (nSPS) is 12.8. The van der Waals surface area contributed by atoms with Crippen LogP contribution in [0.5, 0.6) is 0 Å². The van der Waals surface area contributed by atoms with Crippen molar-refractivity contribution in [3.63, 3.8) is 0 Å². The summed E-state index contributed by atoms with van der Waals surface area (Å²) in [7, 11) is 0. The van der Waals surface area contributed by atoms with E-state index in [2.05, 4.69) is 51.5 Å². The zero-order chi connectivity index (χ0) is 37.5. The maximum absolute atomic E-state index is 13.0. The molecule has 2 unspecified atom stereocenters. The first-order valence-corrected chi connectivity index (χ1v) is 22.5. The SMILES string of the molecule is C=C/C=C\C(CCCN(CCCCCCCCCCCCCC)CCCCCCOC(=O)C(CCCCCC)CCCCCCCC)C(=C)C=C. The Bertz CT molecular complexity index is 816. The van der Waals surface area contributed by atoms with E-state index in [4.69, 9.17) is 4.74 Å². The van der Waals surface area contributed by atoms with Crippen molar-refractivity contribution in [1.29, 1.82) is 0 Å². The third-order valence-corrected chi connectivity index (χ3v) is 10.8. The Kier molecular flexibility index (Phi) is 38.3. The summed E-state index contributed by atoms with van der Waals surface area (Å²) in [4.78, 5) is 15.7. The second-order valence-electron chi connectivity index (χ2n) is 15.6. The van der Waals surface area contributed by atoms with Crippen LogP contribution in [0.4, 0.5) is 0 Å². The molecule has 0 saturated heterocycles. The summed E-state index contributed by atoms with van der Waals surface area (Å²) in [5.41, 5.74) is 1.10. The molecular weight excluding hydrogens is 623 g/mol. The van der Waals surface area contributed by atoms with E-state index in [1.807, 2.05) is 18.2 Å². The molecule has 0 spiro atoms. The average Bonchev–Trinajstić information content (AvgIpc) is 3.14. The molecule has 0 fully saturated rings. The Morgan fingerprint density at radius 1 is 0.549 bits per heavy atom. The quantitative estimate of drug-likeness (QED) is 0.0359. The summed E-state index contributed by atoms with van der Waals surface area (Å²) in [5, 5.41) is 0. The number of carbonyl (C=O) groups excluding carboxylic acids is 1. The zero-order valence-corrected chi connectivity index (χ0v) is 34.9. The van der Waals surface area contributed by atoms with E-state index >= 15 is 0 Å². The first kappa shape index (κ1) is 49.4. The van der Waals surface area contributed by atoms with Crippen molar-refractivity contribution in [1.82, 2.24) is 4.90 Å². The van der Waals surface area contributed by atoms with Crippen LogP contribution in [0.25, 0.3) is 0 Å². The van der Waals surface area contributed by atoms with Gasteiger partial charge in [-0.25, -0.2) is 0 Å². The Labute approximate surface area is 320 Å². The Balaban J connectivity index is 4.58. The lowest BCUT2D eigenvalue weighted by Gasteiger charge is -2.23. The summed E-state index contributed by atoms with van der Waals surface area (Å²) in [6.45, 7) is 23.0. The van der Waals surface area contributed by atoms with Crippen molar-refractivity contribution in [3.8, 4) is 0 Å². The standard InChI is InChI=1S/C48H89NO2/c1-7-12-16-19-21-22-23-24-25-26-28-33-41-49(43-36-40-46(37-15-10-4)45(6)11-5)42-34-29-30-35-44-51-48(50)47(38-31-18-14-9-3)39-32-27-20-17-13-8-2/h10-11,15,37,46-47H,4-9,12-14,16-36,38-44H2,1-3H3/b37-15-. The lowest BCUT2D eigenvalue weighted by molar-refractivity contribution is -0.149. The van der Waals surface area contributed by atoms with Gasteiger partial charge in [-0.05, 0) is 70.2 Å². The molecule has 0 radical (unpaired) electrons. The molecule has 2 atom stereocenters. The number of hydrogen-bond acceptors (Lipinski definition) is 3. The summed E-state index contributed by atoms with van der Waals surface area (Å²) in [6.07, 6.45) is 46.3. The van der Waals surface area contributed by atoms with Crippen LogP contribution in [0.2, 0.25) is 0 Å². The second kappa shape index (κ2) is 39.6. The summed E-state index contributed by atoms with van der Waals surface area (Å²) < 4.78 is 5.87. The highest BCUT2D eigenvalue weighted by molar-refractivity contribution is 5.72. The largest absolute Gasteiger partial charge is 0.465 e. The molecule has 0 rings (SSSR count). The van der Waals surface area contributed by atoms with Crippen LogP contribution in [-0.2, 0) is 9.53 Å². The highest BCUT2D eigenvalue weighted by atomic mass is 16.5. The Morgan fingerprint density at radius 2 is 0.961 bits per heavy atom. The average molecular weight is 712 g/mol. The molecule has 0 aromatic rings. The monoisotopic (exact) mass is 712 g/mol. The molecule has 51 heavy (non-hydrogen) atoms. The van der Waals surface area contributed by atoms with E-state index in [-0.39, 0.29) is 11.9 Å². The minimum absolute atomic E-state index is 0.0778. The minimum Gasteiger partial charge on any atom is -0.465 e. The van der Waals surface area contributed by atoms with Gasteiger partial charge in [0, 0.05) is 5.92 Å². The van der Waals surface area contributed by atoms with E-state index in [9.17, 15) is 4.79 Å². The van der Waals surface area contributed by atoms with Crippen molar-refractivity contribution in [2.45, 2.75) is 213 Å². The maximum atomic E-state index is 13.0. The predicted molar refractivity (Wildman–Crippen MR) is 229 cm³/mol. The van der Waals surface area contributed by atoms with Crippen LogP contribution >= 0.6 is 0 Å². The fourth-order valence-electron chi connectivity index (χ4n) is 7.27. The number of ether oxygens (including phenoxy) is 1. The number of carbonyl (C=O) groups is 1. The molecule has 0 aromatic carbocycles. The zero-order valence-electron chi connectivity index (χ0n) is 34.9.